The molecule has 1 N–H and O–H groups in total. The zero-order chi connectivity index (χ0) is 13.8. The largest absolute Gasteiger partial charge is 0.493 e. The first-order chi connectivity index (χ1) is 9.83. The molecule has 0 bridgehead atoms. The van der Waals surface area contributed by atoms with E-state index >= 15 is 0 Å². The van der Waals surface area contributed by atoms with Crippen LogP contribution in [-0.2, 0) is 19.4 Å². The minimum atomic E-state index is 0.591. The van der Waals surface area contributed by atoms with Crippen LogP contribution in [0, 0.1) is 0 Å². The number of nitrogens with zero attached hydrogens (tertiary/aromatic N) is 2. The van der Waals surface area contributed by atoms with Crippen LogP contribution in [-0.4, -0.2) is 23.1 Å². The van der Waals surface area contributed by atoms with Crippen LogP contribution in [0.2, 0.25) is 0 Å². The molecule has 0 saturated heterocycles. The zero-order valence-corrected chi connectivity index (χ0v) is 12.7. The number of para-hydroxylation sites is 1. The van der Waals surface area contributed by atoms with Crippen molar-refractivity contribution in [3.63, 3.8) is 0 Å². The number of benzene rings is 1. The lowest BCUT2D eigenvalue weighted by Gasteiger charge is -2.17. The summed E-state index contributed by atoms with van der Waals surface area (Å²) in [5.41, 5.74) is 2.34. The second kappa shape index (κ2) is 6.33. The first kappa shape index (κ1) is 13.5. The highest BCUT2D eigenvalue weighted by molar-refractivity contribution is 9.10. The van der Waals surface area contributed by atoms with Gasteiger partial charge in [-0.05, 0) is 28.1 Å². The third-order valence-corrected chi connectivity index (χ3v) is 3.92. The first-order valence-electron chi connectivity index (χ1n) is 6.75. The van der Waals surface area contributed by atoms with E-state index in [9.17, 15) is 0 Å². The van der Waals surface area contributed by atoms with Gasteiger partial charge in [-0.2, -0.15) is 0 Å². The van der Waals surface area contributed by atoms with E-state index in [-0.39, 0.29) is 0 Å². The predicted molar refractivity (Wildman–Crippen MR) is 80.8 cm³/mol. The summed E-state index contributed by atoms with van der Waals surface area (Å²) in [4.78, 5) is 9.15. The molecule has 1 aliphatic rings. The standard InChI is InChI=1S/C15H16BrN3O/c16-15-12-10-17-8-6-13(12)18-14(19-15)7-9-20-11-4-2-1-3-5-11/h1-5,17H,6-10H2. The van der Waals surface area contributed by atoms with E-state index < -0.39 is 0 Å². The number of fused-ring (bicyclic) bond motifs is 1. The van der Waals surface area contributed by atoms with Gasteiger partial charge in [0.15, 0.2) is 0 Å². The molecule has 0 aliphatic carbocycles. The number of hydrogen-bond donors (Lipinski definition) is 1. The van der Waals surface area contributed by atoms with E-state index in [1.807, 2.05) is 30.3 Å². The molecule has 0 saturated carbocycles. The van der Waals surface area contributed by atoms with Crippen LogP contribution in [0.4, 0.5) is 0 Å². The summed E-state index contributed by atoms with van der Waals surface area (Å²) in [5, 5.41) is 3.33. The number of rotatable bonds is 4. The van der Waals surface area contributed by atoms with Gasteiger partial charge in [0.05, 0.1) is 12.3 Å². The molecule has 2 aromatic rings. The monoisotopic (exact) mass is 333 g/mol. The lowest BCUT2D eigenvalue weighted by atomic mass is 10.1. The van der Waals surface area contributed by atoms with E-state index in [2.05, 4.69) is 31.2 Å². The summed E-state index contributed by atoms with van der Waals surface area (Å²) in [5.74, 6) is 1.72. The van der Waals surface area contributed by atoms with E-state index in [0.717, 1.165) is 41.4 Å². The molecule has 0 fully saturated rings. The Hall–Kier alpha value is -1.46. The van der Waals surface area contributed by atoms with Gasteiger partial charge in [0.1, 0.15) is 16.2 Å². The fourth-order valence-corrected chi connectivity index (χ4v) is 2.81. The Morgan fingerprint density at radius 3 is 2.90 bits per heavy atom. The Kier molecular flexibility index (Phi) is 4.28. The van der Waals surface area contributed by atoms with Gasteiger partial charge in [0.2, 0.25) is 0 Å². The highest BCUT2D eigenvalue weighted by Gasteiger charge is 2.15. The summed E-state index contributed by atoms with van der Waals surface area (Å²) in [6, 6.07) is 9.82. The molecule has 1 aromatic carbocycles. The quantitative estimate of drug-likeness (QED) is 0.873. The van der Waals surface area contributed by atoms with Crippen molar-refractivity contribution in [2.75, 3.05) is 13.2 Å². The van der Waals surface area contributed by atoms with Crippen molar-refractivity contribution in [3.8, 4) is 5.75 Å². The van der Waals surface area contributed by atoms with Crippen molar-refractivity contribution < 1.29 is 4.74 Å². The molecule has 0 unspecified atom stereocenters. The van der Waals surface area contributed by atoms with Crippen molar-refractivity contribution in [1.82, 2.24) is 15.3 Å². The molecular formula is C15H16BrN3O. The Morgan fingerprint density at radius 1 is 1.20 bits per heavy atom. The van der Waals surface area contributed by atoms with Crippen LogP contribution in [0.25, 0.3) is 0 Å². The van der Waals surface area contributed by atoms with Gasteiger partial charge < -0.3 is 10.1 Å². The lowest BCUT2D eigenvalue weighted by molar-refractivity contribution is 0.318. The first-order valence-corrected chi connectivity index (χ1v) is 7.55. The van der Waals surface area contributed by atoms with E-state index in [4.69, 9.17) is 4.74 Å². The van der Waals surface area contributed by atoms with E-state index in [1.54, 1.807) is 0 Å². The van der Waals surface area contributed by atoms with Crippen LogP contribution < -0.4 is 10.1 Å². The normalized spacial score (nSPS) is 13.8. The molecule has 20 heavy (non-hydrogen) atoms. The van der Waals surface area contributed by atoms with Crippen LogP contribution in [0.1, 0.15) is 17.1 Å². The van der Waals surface area contributed by atoms with Gasteiger partial charge in [-0.1, -0.05) is 18.2 Å². The van der Waals surface area contributed by atoms with Crippen LogP contribution in [0.3, 0.4) is 0 Å². The minimum absolute atomic E-state index is 0.591. The van der Waals surface area contributed by atoms with Gasteiger partial charge in [0.25, 0.3) is 0 Å². The summed E-state index contributed by atoms with van der Waals surface area (Å²) in [6.45, 7) is 2.42. The summed E-state index contributed by atoms with van der Waals surface area (Å²) in [7, 11) is 0. The Bertz CT molecular complexity index is 589. The van der Waals surface area contributed by atoms with Gasteiger partial charge in [-0.15, -0.1) is 0 Å². The van der Waals surface area contributed by atoms with Crippen LogP contribution in [0.5, 0.6) is 5.75 Å². The molecule has 1 aliphatic heterocycles. The van der Waals surface area contributed by atoms with Gasteiger partial charge in [-0.3, -0.25) is 0 Å². The van der Waals surface area contributed by atoms with Gasteiger partial charge >= 0.3 is 0 Å². The molecule has 0 spiro atoms. The third kappa shape index (κ3) is 3.16. The molecule has 0 radical (unpaired) electrons. The van der Waals surface area contributed by atoms with E-state index in [1.165, 1.54) is 5.56 Å². The maximum Gasteiger partial charge on any atom is 0.133 e. The molecule has 1 aromatic heterocycles. The molecule has 104 valence electrons. The second-order valence-corrected chi connectivity index (χ2v) is 5.45. The van der Waals surface area contributed by atoms with Crippen LogP contribution >= 0.6 is 15.9 Å². The number of ether oxygens (including phenoxy) is 1. The summed E-state index contributed by atoms with van der Waals surface area (Å²) in [6.07, 6.45) is 1.68. The Morgan fingerprint density at radius 2 is 2.05 bits per heavy atom. The lowest BCUT2D eigenvalue weighted by Crippen LogP contribution is -2.26. The third-order valence-electron chi connectivity index (χ3n) is 3.27. The molecule has 5 heteroatoms. The van der Waals surface area contributed by atoms with E-state index in [0.29, 0.717) is 13.0 Å². The molecule has 3 rings (SSSR count). The SMILES string of the molecule is Brc1nc(CCOc2ccccc2)nc2c1CNCC2. The molecule has 0 amide bonds. The number of halogens is 1. The predicted octanol–water partition coefficient (Wildman–Crippen LogP) is 2.51. The average molecular weight is 334 g/mol. The van der Waals surface area contributed by atoms with Crippen LogP contribution in [0.15, 0.2) is 34.9 Å². The Balaban J connectivity index is 1.64. The summed E-state index contributed by atoms with van der Waals surface area (Å²) < 4.78 is 6.59. The fourth-order valence-electron chi connectivity index (χ4n) is 2.24. The topological polar surface area (TPSA) is 47.0 Å². The number of aromatic nitrogens is 2. The van der Waals surface area contributed by atoms with Crippen molar-refractivity contribution in [1.29, 1.82) is 0 Å². The minimum Gasteiger partial charge on any atom is -0.493 e. The van der Waals surface area contributed by atoms with Crippen molar-refractivity contribution >= 4 is 15.9 Å². The van der Waals surface area contributed by atoms with Crippen molar-refractivity contribution in [2.24, 2.45) is 0 Å². The Labute approximate surface area is 126 Å². The highest BCUT2D eigenvalue weighted by Crippen LogP contribution is 2.20. The fraction of sp³-hybridized carbons (Fsp3) is 0.333. The highest BCUT2D eigenvalue weighted by atomic mass is 79.9. The van der Waals surface area contributed by atoms with Crippen molar-refractivity contribution in [3.05, 3.63) is 52.0 Å². The molecule has 4 nitrogen and oxygen atoms in total. The smallest absolute Gasteiger partial charge is 0.133 e. The maximum absolute atomic E-state index is 5.69. The maximum atomic E-state index is 5.69. The van der Waals surface area contributed by atoms with Gasteiger partial charge in [0, 0.05) is 31.5 Å². The molecule has 0 atom stereocenters. The average Bonchev–Trinajstić information content (AvgIpc) is 2.48. The van der Waals surface area contributed by atoms with Crippen molar-refractivity contribution in [2.45, 2.75) is 19.4 Å². The number of nitrogens with one attached hydrogen (secondary N) is 1. The van der Waals surface area contributed by atoms with Gasteiger partial charge in [-0.25, -0.2) is 9.97 Å². The summed E-state index contributed by atoms with van der Waals surface area (Å²) >= 11 is 3.54. The molecular weight excluding hydrogens is 318 g/mol. The zero-order valence-electron chi connectivity index (χ0n) is 11.1. The molecule has 2 heterocycles. The second-order valence-electron chi connectivity index (χ2n) is 4.69. The number of hydrogen-bond acceptors (Lipinski definition) is 4.